The van der Waals surface area contributed by atoms with Crippen molar-refractivity contribution in [2.24, 2.45) is 0 Å². The van der Waals surface area contributed by atoms with Crippen molar-refractivity contribution in [1.29, 1.82) is 0 Å². The largest absolute Gasteiger partial charge is 0.462 e. The zero-order chi connectivity index (χ0) is 33.6. The van der Waals surface area contributed by atoms with Gasteiger partial charge in [0.05, 0.1) is 24.5 Å². The van der Waals surface area contributed by atoms with E-state index in [1.54, 1.807) is 100 Å². The number of rotatable bonds is 12. The number of benzene rings is 4. The first-order valence-electron chi connectivity index (χ1n) is 15.1. The lowest BCUT2D eigenvalue weighted by Crippen LogP contribution is -2.22. The first kappa shape index (κ1) is 35.6. The standard InChI is InChI=1S/2C19H20O4/c1-13(20)12-23-19(22)14(2)16-9-6-10-17(11-16)18(21)15-7-4-3-5-8-15;1-13(12-20)23-19(22)14(2)16-9-6-10-17(11-16)18(21)15-7-4-3-5-8-15/h2*3-11,13-14,20H,12H2,1-2H3/t2*13?,14-/m00/s1. The van der Waals surface area contributed by atoms with E-state index in [0.717, 1.165) is 0 Å². The maximum absolute atomic E-state index is 12.5. The number of carbonyl (C=O) groups is 4. The van der Waals surface area contributed by atoms with E-state index < -0.39 is 36.0 Å². The van der Waals surface area contributed by atoms with Gasteiger partial charge in [-0.25, -0.2) is 0 Å². The van der Waals surface area contributed by atoms with Crippen LogP contribution in [0.15, 0.2) is 109 Å². The Morgan fingerprint density at radius 2 is 1.00 bits per heavy atom. The first-order chi connectivity index (χ1) is 22.0. The summed E-state index contributed by atoms with van der Waals surface area (Å²) in [6.45, 7) is 6.36. The summed E-state index contributed by atoms with van der Waals surface area (Å²) in [7, 11) is 0. The van der Waals surface area contributed by atoms with E-state index in [0.29, 0.717) is 33.4 Å². The van der Waals surface area contributed by atoms with Crippen molar-refractivity contribution >= 4 is 23.5 Å². The van der Waals surface area contributed by atoms with Crippen LogP contribution in [0.25, 0.3) is 0 Å². The van der Waals surface area contributed by atoms with Gasteiger partial charge in [-0.3, -0.25) is 19.2 Å². The number of esters is 2. The Balaban J connectivity index is 0.000000250. The van der Waals surface area contributed by atoms with Gasteiger partial charge in [-0.15, -0.1) is 0 Å². The molecule has 8 heteroatoms. The number of ketones is 2. The summed E-state index contributed by atoms with van der Waals surface area (Å²) >= 11 is 0. The van der Waals surface area contributed by atoms with Gasteiger partial charge in [0.1, 0.15) is 12.7 Å². The van der Waals surface area contributed by atoms with E-state index in [-0.39, 0.29) is 24.8 Å². The normalized spacial score (nSPS) is 13.2. The second kappa shape index (κ2) is 17.5. The van der Waals surface area contributed by atoms with Crippen molar-refractivity contribution in [2.45, 2.75) is 51.7 Å². The molecule has 0 aliphatic carbocycles. The van der Waals surface area contributed by atoms with E-state index in [2.05, 4.69) is 0 Å². The maximum atomic E-state index is 12.5. The topological polar surface area (TPSA) is 127 Å². The van der Waals surface area contributed by atoms with Gasteiger partial charge in [-0.1, -0.05) is 97.1 Å². The lowest BCUT2D eigenvalue weighted by Gasteiger charge is -2.16. The van der Waals surface area contributed by atoms with E-state index in [1.807, 2.05) is 36.4 Å². The van der Waals surface area contributed by atoms with Crippen molar-refractivity contribution in [2.75, 3.05) is 13.2 Å². The van der Waals surface area contributed by atoms with Crippen LogP contribution in [0.1, 0.15) is 82.5 Å². The highest BCUT2D eigenvalue weighted by Gasteiger charge is 2.21. The molecule has 46 heavy (non-hydrogen) atoms. The Morgan fingerprint density at radius 3 is 1.41 bits per heavy atom. The molecule has 0 aliphatic rings. The predicted molar refractivity (Wildman–Crippen MR) is 175 cm³/mol. The lowest BCUT2D eigenvalue weighted by molar-refractivity contribution is -0.151. The van der Waals surface area contributed by atoms with Crippen LogP contribution < -0.4 is 0 Å². The van der Waals surface area contributed by atoms with Crippen LogP contribution in [-0.2, 0) is 19.1 Å². The second-order valence-corrected chi connectivity index (χ2v) is 11.0. The monoisotopic (exact) mass is 624 g/mol. The Morgan fingerprint density at radius 1 is 0.587 bits per heavy atom. The SMILES string of the molecule is CC(CO)OC(=O)[C@@H](C)c1cccc(C(=O)c2ccccc2)c1.CC(O)COC(=O)[C@@H](C)c1cccc(C(=O)c2ccccc2)c1. The molecule has 0 saturated carbocycles. The average molecular weight is 625 g/mol. The fourth-order valence-corrected chi connectivity index (χ4v) is 4.35. The minimum absolute atomic E-state index is 0.0359. The predicted octanol–water partition coefficient (Wildman–Crippen LogP) is 5.89. The summed E-state index contributed by atoms with van der Waals surface area (Å²) in [5.41, 5.74) is 3.69. The van der Waals surface area contributed by atoms with Crippen molar-refractivity contribution in [1.82, 2.24) is 0 Å². The van der Waals surface area contributed by atoms with Crippen LogP contribution in [0.2, 0.25) is 0 Å². The molecule has 0 aromatic heterocycles. The van der Waals surface area contributed by atoms with Gasteiger partial charge in [0.2, 0.25) is 0 Å². The van der Waals surface area contributed by atoms with E-state index >= 15 is 0 Å². The van der Waals surface area contributed by atoms with E-state index in [4.69, 9.17) is 14.6 Å². The molecule has 0 radical (unpaired) electrons. The summed E-state index contributed by atoms with van der Waals surface area (Å²) in [4.78, 5) is 48.9. The van der Waals surface area contributed by atoms with Gasteiger partial charge in [0, 0.05) is 22.3 Å². The summed E-state index contributed by atoms with van der Waals surface area (Å²) in [6, 6.07) is 32.0. The molecular weight excluding hydrogens is 584 g/mol. The van der Waals surface area contributed by atoms with Gasteiger partial charge >= 0.3 is 11.9 Å². The van der Waals surface area contributed by atoms with Crippen LogP contribution in [0.3, 0.4) is 0 Å². The van der Waals surface area contributed by atoms with Gasteiger partial charge in [0.25, 0.3) is 0 Å². The van der Waals surface area contributed by atoms with Crippen molar-refractivity contribution < 1.29 is 38.9 Å². The van der Waals surface area contributed by atoms with Crippen LogP contribution in [-0.4, -0.2) is 59.1 Å². The number of carbonyl (C=O) groups excluding carboxylic acids is 4. The molecule has 0 spiro atoms. The first-order valence-corrected chi connectivity index (χ1v) is 15.1. The highest BCUT2D eigenvalue weighted by Crippen LogP contribution is 2.22. The number of hydrogen-bond donors (Lipinski definition) is 2. The quantitative estimate of drug-likeness (QED) is 0.148. The van der Waals surface area contributed by atoms with Crippen molar-refractivity contribution in [3.63, 3.8) is 0 Å². The van der Waals surface area contributed by atoms with E-state index in [1.165, 1.54) is 0 Å². The molecular formula is C38H40O8. The molecule has 4 aromatic carbocycles. The van der Waals surface area contributed by atoms with Gasteiger partial charge in [-0.2, -0.15) is 0 Å². The second-order valence-electron chi connectivity index (χ2n) is 11.0. The number of aliphatic hydroxyl groups excluding tert-OH is 2. The molecule has 0 amide bonds. The Kier molecular flexibility index (Phi) is 13.6. The highest BCUT2D eigenvalue weighted by molar-refractivity contribution is 6.09. The van der Waals surface area contributed by atoms with Crippen molar-refractivity contribution in [3.05, 3.63) is 143 Å². The molecule has 8 nitrogen and oxygen atoms in total. The molecule has 4 rings (SSSR count). The lowest BCUT2D eigenvalue weighted by atomic mass is 9.96. The molecule has 2 unspecified atom stereocenters. The Labute approximate surface area is 269 Å². The van der Waals surface area contributed by atoms with E-state index in [9.17, 15) is 24.3 Å². The molecule has 0 heterocycles. The van der Waals surface area contributed by atoms with Gasteiger partial charge < -0.3 is 19.7 Å². The van der Waals surface area contributed by atoms with Crippen LogP contribution in [0, 0.1) is 0 Å². The zero-order valence-electron chi connectivity index (χ0n) is 26.5. The third-order valence-corrected chi connectivity index (χ3v) is 7.12. The molecule has 0 aliphatic heterocycles. The zero-order valence-corrected chi connectivity index (χ0v) is 26.5. The third kappa shape index (κ3) is 10.3. The van der Waals surface area contributed by atoms with Gasteiger partial charge in [0.15, 0.2) is 11.6 Å². The summed E-state index contributed by atoms with van der Waals surface area (Å²) in [6.07, 6.45) is -1.24. The molecule has 0 fully saturated rings. The fourth-order valence-electron chi connectivity index (χ4n) is 4.35. The minimum Gasteiger partial charge on any atom is -0.462 e. The third-order valence-electron chi connectivity index (χ3n) is 7.12. The molecule has 0 bridgehead atoms. The van der Waals surface area contributed by atoms with Crippen LogP contribution in [0.4, 0.5) is 0 Å². The molecule has 0 saturated heterocycles. The average Bonchev–Trinajstić information content (AvgIpc) is 3.10. The van der Waals surface area contributed by atoms with Crippen LogP contribution in [0.5, 0.6) is 0 Å². The van der Waals surface area contributed by atoms with Gasteiger partial charge in [-0.05, 0) is 51.0 Å². The number of aliphatic hydroxyl groups is 2. The van der Waals surface area contributed by atoms with Crippen molar-refractivity contribution in [3.8, 4) is 0 Å². The Hall–Kier alpha value is -4.92. The minimum atomic E-state index is -0.697. The maximum Gasteiger partial charge on any atom is 0.313 e. The molecule has 4 atom stereocenters. The highest BCUT2D eigenvalue weighted by atomic mass is 16.6. The smallest absolute Gasteiger partial charge is 0.313 e. The summed E-state index contributed by atoms with van der Waals surface area (Å²) in [5.74, 6) is -2.02. The summed E-state index contributed by atoms with van der Waals surface area (Å²) < 4.78 is 10.2. The molecule has 240 valence electrons. The Bertz CT molecular complexity index is 1600. The number of hydrogen-bond acceptors (Lipinski definition) is 8. The number of ether oxygens (including phenoxy) is 2. The molecule has 2 N–H and O–H groups in total. The molecule has 4 aromatic rings. The van der Waals surface area contributed by atoms with Crippen LogP contribution >= 0.6 is 0 Å². The fraction of sp³-hybridized carbons (Fsp3) is 0.263. The summed E-state index contributed by atoms with van der Waals surface area (Å²) in [5, 5.41) is 18.1.